The molecule has 0 aliphatic carbocycles. The SMILES string of the molecule is CN1CCc2c1ccc(CCC=O)c2O. The van der Waals surface area contributed by atoms with Crippen molar-refractivity contribution in [2.24, 2.45) is 0 Å². The van der Waals surface area contributed by atoms with Gasteiger partial charge in [-0.25, -0.2) is 0 Å². The minimum absolute atomic E-state index is 0.388. The lowest BCUT2D eigenvalue weighted by Crippen LogP contribution is -2.12. The van der Waals surface area contributed by atoms with Crippen LogP contribution in [0.2, 0.25) is 0 Å². The zero-order chi connectivity index (χ0) is 10.8. The van der Waals surface area contributed by atoms with Crippen molar-refractivity contribution in [3.05, 3.63) is 23.3 Å². The number of nitrogens with zero attached hydrogens (tertiary/aromatic N) is 1. The second-order valence-corrected chi connectivity index (χ2v) is 3.95. The predicted octanol–water partition coefficient (Wildman–Crippen LogP) is 1.52. The smallest absolute Gasteiger partial charge is 0.124 e. The van der Waals surface area contributed by atoms with Crippen molar-refractivity contribution in [1.29, 1.82) is 0 Å². The van der Waals surface area contributed by atoms with Gasteiger partial charge in [-0.2, -0.15) is 0 Å². The third-order valence-electron chi connectivity index (χ3n) is 2.98. The van der Waals surface area contributed by atoms with Crippen LogP contribution in [-0.4, -0.2) is 25.0 Å². The van der Waals surface area contributed by atoms with E-state index in [2.05, 4.69) is 4.90 Å². The minimum atomic E-state index is 0.388. The largest absolute Gasteiger partial charge is 0.507 e. The lowest BCUT2D eigenvalue weighted by atomic mass is 10.0. The van der Waals surface area contributed by atoms with Gasteiger partial charge in [0.05, 0.1) is 0 Å². The summed E-state index contributed by atoms with van der Waals surface area (Å²) in [4.78, 5) is 12.4. The van der Waals surface area contributed by atoms with Crippen LogP contribution in [0.15, 0.2) is 12.1 Å². The number of benzene rings is 1. The molecule has 0 fully saturated rings. The van der Waals surface area contributed by atoms with Crippen LogP contribution in [0.5, 0.6) is 5.75 Å². The van der Waals surface area contributed by atoms with Gasteiger partial charge in [0.15, 0.2) is 0 Å². The summed E-state index contributed by atoms with van der Waals surface area (Å²) in [5, 5.41) is 10.0. The fourth-order valence-corrected chi connectivity index (χ4v) is 2.09. The second-order valence-electron chi connectivity index (χ2n) is 3.95. The number of fused-ring (bicyclic) bond motifs is 1. The van der Waals surface area contributed by atoms with Crippen LogP contribution in [-0.2, 0) is 17.6 Å². The highest BCUT2D eigenvalue weighted by Crippen LogP contribution is 2.36. The van der Waals surface area contributed by atoms with Gasteiger partial charge < -0.3 is 14.8 Å². The quantitative estimate of drug-likeness (QED) is 0.760. The predicted molar refractivity (Wildman–Crippen MR) is 59.5 cm³/mol. The average molecular weight is 205 g/mol. The Morgan fingerprint density at radius 1 is 1.53 bits per heavy atom. The molecule has 0 aromatic heterocycles. The number of likely N-dealkylation sites (N-methyl/N-ethyl adjacent to an activating group) is 1. The number of phenols is 1. The molecule has 0 amide bonds. The zero-order valence-corrected chi connectivity index (χ0v) is 8.86. The van der Waals surface area contributed by atoms with Crippen molar-refractivity contribution in [3.8, 4) is 5.75 Å². The summed E-state index contributed by atoms with van der Waals surface area (Å²) in [5.41, 5.74) is 3.03. The first kappa shape index (κ1) is 10.0. The normalized spacial score (nSPS) is 14.1. The number of hydrogen-bond acceptors (Lipinski definition) is 3. The van der Waals surface area contributed by atoms with Crippen LogP contribution in [0.3, 0.4) is 0 Å². The van der Waals surface area contributed by atoms with Crippen molar-refractivity contribution in [2.45, 2.75) is 19.3 Å². The topological polar surface area (TPSA) is 40.5 Å². The van der Waals surface area contributed by atoms with Crippen LogP contribution in [0.4, 0.5) is 5.69 Å². The highest BCUT2D eigenvalue weighted by atomic mass is 16.3. The molecule has 1 aromatic carbocycles. The molecule has 1 aromatic rings. The van der Waals surface area contributed by atoms with Crippen LogP contribution in [0, 0.1) is 0 Å². The molecule has 0 atom stereocenters. The number of aromatic hydroxyl groups is 1. The van der Waals surface area contributed by atoms with E-state index in [0.717, 1.165) is 36.1 Å². The van der Waals surface area contributed by atoms with Gasteiger partial charge in [-0.1, -0.05) is 6.07 Å². The number of aryl methyl sites for hydroxylation is 1. The Hall–Kier alpha value is -1.51. The van der Waals surface area contributed by atoms with E-state index >= 15 is 0 Å². The van der Waals surface area contributed by atoms with Gasteiger partial charge in [0.25, 0.3) is 0 Å². The molecule has 1 aliphatic heterocycles. The maximum atomic E-state index is 10.3. The molecule has 15 heavy (non-hydrogen) atoms. The molecule has 0 radical (unpaired) electrons. The molecule has 1 N–H and O–H groups in total. The maximum absolute atomic E-state index is 10.3. The van der Waals surface area contributed by atoms with Crippen molar-refractivity contribution in [2.75, 3.05) is 18.5 Å². The summed E-state index contributed by atoms with van der Waals surface area (Å²) in [5.74, 6) is 0.388. The van der Waals surface area contributed by atoms with Gasteiger partial charge in [-0.3, -0.25) is 0 Å². The first-order valence-corrected chi connectivity index (χ1v) is 5.22. The molecule has 1 heterocycles. The molecule has 1 aliphatic rings. The Kier molecular flexibility index (Phi) is 2.62. The molecular weight excluding hydrogens is 190 g/mol. The highest BCUT2D eigenvalue weighted by Gasteiger charge is 2.20. The fourth-order valence-electron chi connectivity index (χ4n) is 2.09. The molecule has 2 rings (SSSR count). The van der Waals surface area contributed by atoms with E-state index in [0.29, 0.717) is 18.6 Å². The number of hydrogen-bond donors (Lipinski definition) is 1. The van der Waals surface area contributed by atoms with E-state index in [-0.39, 0.29) is 0 Å². The summed E-state index contributed by atoms with van der Waals surface area (Å²) in [6, 6.07) is 3.95. The third kappa shape index (κ3) is 1.69. The number of anilines is 1. The minimum Gasteiger partial charge on any atom is -0.507 e. The molecule has 3 nitrogen and oxygen atoms in total. The fraction of sp³-hybridized carbons (Fsp3) is 0.417. The number of aldehydes is 1. The van der Waals surface area contributed by atoms with Gasteiger partial charge in [-0.05, 0) is 24.5 Å². The molecule has 80 valence electrons. The summed E-state index contributed by atoms with van der Waals surface area (Å²) < 4.78 is 0. The molecule has 3 heteroatoms. The Morgan fingerprint density at radius 3 is 3.07 bits per heavy atom. The standard InChI is InChI=1S/C12H15NO2/c1-13-7-6-10-11(13)5-4-9(12(10)15)3-2-8-14/h4-5,8,15H,2-3,6-7H2,1H3. The summed E-state index contributed by atoms with van der Waals surface area (Å²) in [6.07, 6.45) is 2.89. The first-order chi connectivity index (χ1) is 7.24. The Labute approximate surface area is 89.3 Å². The van der Waals surface area contributed by atoms with Crippen molar-refractivity contribution in [3.63, 3.8) is 0 Å². The lowest BCUT2D eigenvalue weighted by molar-refractivity contribution is -0.107. The van der Waals surface area contributed by atoms with E-state index in [9.17, 15) is 9.90 Å². The van der Waals surface area contributed by atoms with E-state index < -0.39 is 0 Å². The van der Waals surface area contributed by atoms with E-state index in [1.807, 2.05) is 19.2 Å². The number of carbonyl (C=O) groups excluding carboxylic acids is 1. The number of phenolic OH excluding ortho intramolecular Hbond substituents is 1. The molecular formula is C12H15NO2. The lowest BCUT2D eigenvalue weighted by Gasteiger charge is -2.13. The Morgan fingerprint density at radius 2 is 2.33 bits per heavy atom. The Bertz CT molecular complexity index is 387. The van der Waals surface area contributed by atoms with E-state index in [1.165, 1.54) is 0 Å². The maximum Gasteiger partial charge on any atom is 0.124 e. The van der Waals surface area contributed by atoms with Gasteiger partial charge in [0.1, 0.15) is 12.0 Å². The van der Waals surface area contributed by atoms with E-state index in [4.69, 9.17) is 0 Å². The molecule has 0 unspecified atom stereocenters. The molecule has 0 saturated carbocycles. The van der Waals surface area contributed by atoms with Crippen LogP contribution in [0.25, 0.3) is 0 Å². The molecule has 0 spiro atoms. The summed E-state index contributed by atoms with van der Waals surface area (Å²) in [7, 11) is 2.02. The van der Waals surface area contributed by atoms with Crippen LogP contribution < -0.4 is 4.90 Å². The van der Waals surface area contributed by atoms with Gasteiger partial charge in [-0.15, -0.1) is 0 Å². The van der Waals surface area contributed by atoms with Gasteiger partial charge in [0, 0.05) is 31.3 Å². The van der Waals surface area contributed by atoms with Gasteiger partial charge >= 0.3 is 0 Å². The van der Waals surface area contributed by atoms with Crippen molar-refractivity contribution in [1.82, 2.24) is 0 Å². The van der Waals surface area contributed by atoms with Crippen LogP contribution in [0.1, 0.15) is 17.5 Å². The van der Waals surface area contributed by atoms with E-state index in [1.54, 1.807) is 0 Å². The van der Waals surface area contributed by atoms with Gasteiger partial charge in [0.2, 0.25) is 0 Å². The first-order valence-electron chi connectivity index (χ1n) is 5.22. The Balaban J connectivity index is 2.33. The molecule has 0 bridgehead atoms. The third-order valence-corrected chi connectivity index (χ3v) is 2.98. The number of rotatable bonds is 3. The summed E-state index contributed by atoms with van der Waals surface area (Å²) in [6.45, 7) is 0.958. The highest BCUT2D eigenvalue weighted by molar-refractivity contribution is 5.65. The second kappa shape index (κ2) is 3.93. The number of carbonyl (C=O) groups is 1. The summed E-state index contributed by atoms with van der Waals surface area (Å²) >= 11 is 0. The van der Waals surface area contributed by atoms with Crippen LogP contribution >= 0.6 is 0 Å². The van der Waals surface area contributed by atoms with Crippen molar-refractivity contribution >= 4 is 12.0 Å². The van der Waals surface area contributed by atoms with Crippen molar-refractivity contribution < 1.29 is 9.90 Å². The average Bonchev–Trinajstić information content (AvgIpc) is 2.61. The zero-order valence-electron chi connectivity index (χ0n) is 8.86. The molecule has 0 saturated heterocycles. The monoisotopic (exact) mass is 205 g/mol.